The summed E-state index contributed by atoms with van der Waals surface area (Å²) in [6.45, 7) is 1.82. The fraction of sp³-hybridized carbons (Fsp3) is 0.316. The van der Waals surface area contributed by atoms with Crippen LogP contribution in [0.4, 0.5) is 0 Å². The highest BCUT2D eigenvalue weighted by Crippen LogP contribution is 2.22. The van der Waals surface area contributed by atoms with Gasteiger partial charge in [0, 0.05) is 13.1 Å². The van der Waals surface area contributed by atoms with Crippen molar-refractivity contribution in [1.29, 1.82) is 0 Å². The van der Waals surface area contributed by atoms with Gasteiger partial charge in [-0.3, -0.25) is 4.79 Å². The molecule has 0 aromatic heterocycles. The minimum atomic E-state index is -0.658. The summed E-state index contributed by atoms with van der Waals surface area (Å²) in [5.41, 5.74) is 1.54. The first-order chi connectivity index (χ1) is 11.7. The molecule has 1 amide bonds. The molecule has 2 aromatic rings. The van der Waals surface area contributed by atoms with Crippen LogP contribution in [0.5, 0.6) is 5.75 Å². The zero-order valence-electron chi connectivity index (χ0n) is 13.4. The average Bonchev–Trinajstić information content (AvgIpc) is 2.85. The Kier molecular flexibility index (Phi) is 5.46. The lowest BCUT2D eigenvalue weighted by Gasteiger charge is -2.22. The Morgan fingerprint density at radius 3 is 2.75 bits per heavy atom. The van der Waals surface area contributed by atoms with Gasteiger partial charge in [0.1, 0.15) is 12.4 Å². The molecule has 1 fully saturated rings. The molecule has 0 spiro atoms. The summed E-state index contributed by atoms with van der Waals surface area (Å²) in [7, 11) is 0. The molecule has 2 aromatic carbocycles. The van der Waals surface area contributed by atoms with Crippen molar-refractivity contribution in [3.8, 4) is 5.75 Å². The standard InChI is InChI=1S/C19H21NO4/c21-16-12-20(10-11-23-14-16)19(22)17-8-4-5-9-18(17)24-13-15-6-2-1-3-7-15/h1-9,16,21H,10-14H2/t16-/m0/s1. The topological polar surface area (TPSA) is 59.0 Å². The van der Waals surface area contributed by atoms with Crippen LogP contribution in [-0.4, -0.2) is 48.3 Å². The van der Waals surface area contributed by atoms with Gasteiger partial charge in [-0.15, -0.1) is 0 Å². The molecule has 1 aliphatic heterocycles. The van der Waals surface area contributed by atoms with E-state index >= 15 is 0 Å². The number of para-hydroxylation sites is 1. The van der Waals surface area contributed by atoms with Gasteiger partial charge in [0.2, 0.25) is 0 Å². The van der Waals surface area contributed by atoms with Crippen molar-refractivity contribution >= 4 is 5.91 Å². The second-order valence-electron chi connectivity index (χ2n) is 5.75. The van der Waals surface area contributed by atoms with Crippen LogP contribution in [0.1, 0.15) is 15.9 Å². The Hall–Kier alpha value is -2.37. The minimum absolute atomic E-state index is 0.150. The molecule has 1 saturated heterocycles. The molecule has 0 aliphatic carbocycles. The fourth-order valence-electron chi connectivity index (χ4n) is 2.65. The lowest BCUT2D eigenvalue weighted by atomic mass is 10.1. The van der Waals surface area contributed by atoms with Crippen LogP contribution < -0.4 is 4.74 Å². The number of hydrogen-bond donors (Lipinski definition) is 1. The SMILES string of the molecule is O=C(c1ccccc1OCc1ccccc1)N1CCOC[C@@H](O)C1. The molecule has 1 N–H and O–H groups in total. The third-order valence-corrected chi connectivity index (χ3v) is 3.89. The van der Waals surface area contributed by atoms with E-state index < -0.39 is 6.10 Å². The van der Waals surface area contributed by atoms with Gasteiger partial charge >= 0.3 is 0 Å². The zero-order chi connectivity index (χ0) is 16.8. The number of amides is 1. The second-order valence-corrected chi connectivity index (χ2v) is 5.75. The molecular formula is C19H21NO4. The first kappa shape index (κ1) is 16.5. The van der Waals surface area contributed by atoms with Crippen molar-refractivity contribution in [3.05, 3.63) is 65.7 Å². The lowest BCUT2D eigenvalue weighted by molar-refractivity contribution is 0.0533. The van der Waals surface area contributed by atoms with Crippen LogP contribution in [0.25, 0.3) is 0 Å². The summed E-state index contributed by atoms with van der Waals surface area (Å²) in [4.78, 5) is 14.4. The smallest absolute Gasteiger partial charge is 0.257 e. The maximum atomic E-state index is 12.8. The number of aliphatic hydroxyl groups excluding tert-OH is 1. The molecule has 5 heteroatoms. The van der Waals surface area contributed by atoms with Crippen LogP contribution in [-0.2, 0) is 11.3 Å². The first-order valence-electron chi connectivity index (χ1n) is 8.05. The summed E-state index contributed by atoms with van der Waals surface area (Å²) in [6, 6.07) is 17.0. The third-order valence-electron chi connectivity index (χ3n) is 3.89. The van der Waals surface area contributed by atoms with Crippen molar-refractivity contribution in [3.63, 3.8) is 0 Å². The maximum Gasteiger partial charge on any atom is 0.257 e. The van der Waals surface area contributed by atoms with Gasteiger partial charge in [-0.1, -0.05) is 42.5 Å². The minimum Gasteiger partial charge on any atom is -0.488 e. The van der Waals surface area contributed by atoms with Crippen LogP contribution >= 0.6 is 0 Å². The molecule has 24 heavy (non-hydrogen) atoms. The Bertz CT molecular complexity index is 674. The van der Waals surface area contributed by atoms with E-state index in [9.17, 15) is 9.90 Å². The first-order valence-corrected chi connectivity index (χ1v) is 8.05. The zero-order valence-corrected chi connectivity index (χ0v) is 13.4. The molecule has 3 rings (SSSR count). The molecule has 126 valence electrons. The Morgan fingerprint density at radius 2 is 1.92 bits per heavy atom. The number of β-amino-alcohol motifs (C(OH)–C–C–N with tert-alkyl or cyclic N) is 1. The molecular weight excluding hydrogens is 306 g/mol. The molecule has 1 heterocycles. The maximum absolute atomic E-state index is 12.8. The van der Waals surface area contributed by atoms with Crippen molar-refractivity contribution in [2.24, 2.45) is 0 Å². The number of carbonyl (C=O) groups excluding carboxylic acids is 1. The van der Waals surface area contributed by atoms with Crippen molar-refractivity contribution in [1.82, 2.24) is 4.90 Å². The summed E-state index contributed by atoms with van der Waals surface area (Å²) in [6.07, 6.45) is -0.658. The van der Waals surface area contributed by atoms with Gasteiger partial charge < -0.3 is 19.5 Å². The molecule has 5 nitrogen and oxygen atoms in total. The van der Waals surface area contributed by atoms with E-state index in [1.807, 2.05) is 42.5 Å². The molecule has 1 aliphatic rings. The monoisotopic (exact) mass is 327 g/mol. The van der Waals surface area contributed by atoms with Crippen molar-refractivity contribution in [2.45, 2.75) is 12.7 Å². The fourth-order valence-corrected chi connectivity index (χ4v) is 2.65. The average molecular weight is 327 g/mol. The van der Waals surface area contributed by atoms with Crippen LogP contribution in [0.2, 0.25) is 0 Å². The Morgan fingerprint density at radius 1 is 1.17 bits per heavy atom. The summed E-state index contributed by atoms with van der Waals surface area (Å²) in [5.74, 6) is 0.397. The molecule has 1 atom stereocenters. The normalized spacial score (nSPS) is 18.0. The molecule has 0 radical (unpaired) electrons. The van der Waals surface area contributed by atoms with Crippen molar-refractivity contribution < 1.29 is 19.4 Å². The van der Waals surface area contributed by atoms with E-state index in [0.717, 1.165) is 5.56 Å². The molecule has 0 saturated carbocycles. The van der Waals surface area contributed by atoms with E-state index in [1.54, 1.807) is 17.0 Å². The highest BCUT2D eigenvalue weighted by atomic mass is 16.5. The second kappa shape index (κ2) is 7.95. The van der Waals surface area contributed by atoms with E-state index in [4.69, 9.17) is 9.47 Å². The number of benzene rings is 2. The van der Waals surface area contributed by atoms with E-state index in [0.29, 0.717) is 31.1 Å². The number of ether oxygens (including phenoxy) is 2. The van der Waals surface area contributed by atoms with Crippen molar-refractivity contribution in [2.75, 3.05) is 26.3 Å². The number of nitrogens with zero attached hydrogens (tertiary/aromatic N) is 1. The number of rotatable bonds is 4. The van der Waals surface area contributed by atoms with E-state index in [2.05, 4.69) is 0 Å². The van der Waals surface area contributed by atoms with Gasteiger partial charge in [-0.05, 0) is 17.7 Å². The van der Waals surface area contributed by atoms with Crippen LogP contribution in [0, 0.1) is 0 Å². The van der Waals surface area contributed by atoms with Gasteiger partial charge in [0.25, 0.3) is 5.91 Å². The number of aliphatic hydroxyl groups is 1. The summed E-state index contributed by atoms with van der Waals surface area (Å²) in [5, 5.41) is 9.83. The largest absolute Gasteiger partial charge is 0.488 e. The summed E-state index contributed by atoms with van der Waals surface area (Å²) >= 11 is 0. The third kappa shape index (κ3) is 4.13. The highest BCUT2D eigenvalue weighted by Gasteiger charge is 2.24. The lowest BCUT2D eigenvalue weighted by Crippen LogP contribution is -2.37. The predicted molar refractivity (Wildman–Crippen MR) is 89.9 cm³/mol. The van der Waals surface area contributed by atoms with Gasteiger partial charge in [0.05, 0.1) is 24.9 Å². The Labute approximate surface area is 141 Å². The van der Waals surface area contributed by atoms with E-state index in [-0.39, 0.29) is 19.1 Å². The quantitative estimate of drug-likeness (QED) is 0.934. The molecule has 0 unspecified atom stereocenters. The van der Waals surface area contributed by atoms with Gasteiger partial charge in [0.15, 0.2) is 0 Å². The van der Waals surface area contributed by atoms with Crippen LogP contribution in [0.3, 0.4) is 0 Å². The predicted octanol–water partition coefficient (Wildman–Crippen LogP) is 2.10. The molecule has 0 bridgehead atoms. The Balaban J connectivity index is 1.74. The van der Waals surface area contributed by atoms with Gasteiger partial charge in [-0.2, -0.15) is 0 Å². The van der Waals surface area contributed by atoms with E-state index in [1.165, 1.54) is 0 Å². The number of carbonyl (C=O) groups is 1. The summed E-state index contributed by atoms with van der Waals surface area (Å²) < 4.78 is 11.1. The van der Waals surface area contributed by atoms with Crippen LogP contribution in [0.15, 0.2) is 54.6 Å². The van der Waals surface area contributed by atoms with Gasteiger partial charge in [-0.25, -0.2) is 0 Å². The number of hydrogen-bond acceptors (Lipinski definition) is 4. The highest BCUT2D eigenvalue weighted by molar-refractivity contribution is 5.97.